The lowest BCUT2D eigenvalue weighted by Gasteiger charge is -2.08. The van der Waals surface area contributed by atoms with Crippen LogP contribution in [0.15, 0.2) is 12.4 Å². The van der Waals surface area contributed by atoms with Crippen LogP contribution in [0.4, 0.5) is 0 Å². The van der Waals surface area contributed by atoms with Crippen LogP contribution in [-0.4, -0.2) is 30.5 Å². The van der Waals surface area contributed by atoms with Gasteiger partial charge in [0.15, 0.2) is 15.2 Å². The summed E-state index contributed by atoms with van der Waals surface area (Å²) in [5, 5.41) is 3.64. The van der Waals surface area contributed by atoms with Crippen LogP contribution in [0.3, 0.4) is 0 Å². The third-order valence-electron chi connectivity index (χ3n) is 2.68. The fourth-order valence-corrected chi connectivity index (χ4v) is 3.71. The van der Waals surface area contributed by atoms with Crippen LogP contribution in [0.2, 0.25) is 0 Å². The molecule has 1 aliphatic rings. The molecule has 0 aliphatic carbocycles. The van der Waals surface area contributed by atoms with Gasteiger partial charge in [-0.3, -0.25) is 4.68 Å². The van der Waals surface area contributed by atoms with E-state index in [1.165, 1.54) is 0 Å². The monoisotopic (exact) mass is 229 g/mol. The van der Waals surface area contributed by atoms with Crippen molar-refractivity contribution in [3.8, 4) is 0 Å². The maximum Gasteiger partial charge on any atom is 0.173 e. The number of sulfone groups is 1. The van der Waals surface area contributed by atoms with E-state index < -0.39 is 15.2 Å². The average Bonchev–Trinajstić information content (AvgIpc) is 2.72. The Morgan fingerprint density at radius 1 is 1.60 bits per heavy atom. The molecule has 1 aliphatic heterocycles. The molecule has 0 bridgehead atoms. The fraction of sp³-hybridized carbons (Fsp3) is 0.667. The molecule has 0 spiro atoms. The largest absolute Gasteiger partial charge is 0.330 e. The van der Waals surface area contributed by atoms with Gasteiger partial charge in [0.25, 0.3) is 0 Å². The number of nitrogens with two attached hydrogens (primary N) is 1. The highest BCUT2D eigenvalue weighted by atomic mass is 32.2. The predicted molar refractivity (Wildman–Crippen MR) is 57.0 cm³/mol. The molecular formula is C9H15N3O2S. The summed E-state index contributed by atoms with van der Waals surface area (Å²) in [6.07, 6.45) is 5.64. The van der Waals surface area contributed by atoms with E-state index in [2.05, 4.69) is 5.10 Å². The van der Waals surface area contributed by atoms with Crippen molar-refractivity contribution < 1.29 is 8.42 Å². The summed E-state index contributed by atoms with van der Waals surface area (Å²) in [6, 6.07) is 0. The molecule has 2 heterocycles. The quantitative estimate of drug-likeness (QED) is 0.797. The highest BCUT2D eigenvalue weighted by Crippen LogP contribution is 2.29. The Morgan fingerprint density at radius 3 is 3.00 bits per heavy atom. The van der Waals surface area contributed by atoms with Crippen LogP contribution >= 0.6 is 0 Å². The summed E-state index contributed by atoms with van der Waals surface area (Å²) in [5.74, 6) is 0.281. The zero-order chi connectivity index (χ0) is 10.9. The second-order valence-corrected chi connectivity index (χ2v) is 6.11. The van der Waals surface area contributed by atoms with Gasteiger partial charge in [0.1, 0.15) is 0 Å². The molecule has 2 N–H and O–H groups in total. The van der Waals surface area contributed by atoms with Crippen molar-refractivity contribution in [1.82, 2.24) is 9.78 Å². The van der Waals surface area contributed by atoms with Crippen molar-refractivity contribution in [2.45, 2.75) is 24.6 Å². The number of rotatable bonds is 3. The van der Waals surface area contributed by atoms with Gasteiger partial charge in [-0.25, -0.2) is 8.42 Å². The van der Waals surface area contributed by atoms with E-state index in [1.54, 1.807) is 17.1 Å². The average molecular weight is 229 g/mol. The Labute approximate surface area is 89.2 Å². The third kappa shape index (κ3) is 2.05. The minimum atomic E-state index is -2.97. The van der Waals surface area contributed by atoms with Gasteiger partial charge in [0.05, 0.1) is 11.9 Å². The smallest absolute Gasteiger partial charge is 0.173 e. The molecule has 6 heteroatoms. The van der Waals surface area contributed by atoms with Crippen molar-refractivity contribution in [3.63, 3.8) is 0 Å². The van der Waals surface area contributed by atoms with Crippen molar-refractivity contribution in [2.24, 2.45) is 5.73 Å². The van der Waals surface area contributed by atoms with E-state index in [1.807, 2.05) is 0 Å². The molecule has 1 atom stereocenters. The first-order valence-corrected chi connectivity index (χ1v) is 6.80. The van der Waals surface area contributed by atoms with E-state index >= 15 is 0 Å². The Hall–Kier alpha value is -0.880. The van der Waals surface area contributed by atoms with Crippen LogP contribution in [0.5, 0.6) is 0 Å². The number of nitrogens with zero attached hydrogens (tertiary/aromatic N) is 2. The summed E-state index contributed by atoms with van der Waals surface area (Å²) >= 11 is 0. The van der Waals surface area contributed by atoms with Gasteiger partial charge in [-0.15, -0.1) is 0 Å². The van der Waals surface area contributed by atoms with Crippen LogP contribution in [0.25, 0.3) is 0 Å². The molecule has 1 aromatic rings. The zero-order valence-electron chi connectivity index (χ0n) is 8.46. The van der Waals surface area contributed by atoms with E-state index in [-0.39, 0.29) is 5.75 Å². The maximum atomic E-state index is 11.6. The van der Waals surface area contributed by atoms with Crippen LogP contribution in [-0.2, 0) is 16.3 Å². The highest BCUT2D eigenvalue weighted by molar-refractivity contribution is 7.91. The maximum absolute atomic E-state index is 11.6. The zero-order valence-corrected chi connectivity index (χ0v) is 9.28. The molecule has 1 saturated heterocycles. The molecule has 1 fully saturated rings. The predicted octanol–water partition coefficient (Wildman–Crippen LogP) is 0.0915. The molecular weight excluding hydrogens is 214 g/mol. The molecule has 1 unspecified atom stereocenters. The lowest BCUT2D eigenvalue weighted by molar-refractivity contribution is 0.527. The van der Waals surface area contributed by atoms with Gasteiger partial charge in [0.2, 0.25) is 0 Å². The molecule has 0 amide bonds. The molecule has 84 valence electrons. The van der Waals surface area contributed by atoms with Gasteiger partial charge in [-0.1, -0.05) is 0 Å². The summed E-state index contributed by atoms with van der Waals surface area (Å²) in [6.45, 7) is 0.559. The van der Waals surface area contributed by atoms with Gasteiger partial charge in [0, 0.05) is 6.20 Å². The Bertz CT molecular complexity index is 438. The number of aromatic nitrogens is 2. The number of hydrogen-bond acceptors (Lipinski definition) is 4. The Balaban J connectivity index is 2.22. The number of hydrogen-bond donors (Lipinski definition) is 1. The molecule has 0 radical (unpaired) electrons. The summed E-state index contributed by atoms with van der Waals surface area (Å²) in [7, 11) is -2.97. The highest BCUT2D eigenvalue weighted by Gasteiger charge is 2.33. The van der Waals surface area contributed by atoms with Crippen LogP contribution in [0, 0.1) is 0 Å². The van der Waals surface area contributed by atoms with Crippen molar-refractivity contribution in [1.29, 1.82) is 0 Å². The minimum Gasteiger partial charge on any atom is -0.330 e. The first kappa shape index (κ1) is 10.6. The van der Waals surface area contributed by atoms with Crippen molar-refractivity contribution >= 4 is 9.84 Å². The van der Waals surface area contributed by atoms with Crippen LogP contribution in [0.1, 0.15) is 23.8 Å². The van der Waals surface area contributed by atoms with Crippen molar-refractivity contribution in [2.75, 3.05) is 12.3 Å². The van der Waals surface area contributed by atoms with Gasteiger partial charge in [-0.2, -0.15) is 5.10 Å². The first-order valence-electron chi connectivity index (χ1n) is 5.08. The lowest BCUT2D eigenvalue weighted by Crippen LogP contribution is -2.15. The molecule has 0 aromatic carbocycles. The summed E-state index contributed by atoms with van der Waals surface area (Å²) in [4.78, 5) is 0. The summed E-state index contributed by atoms with van der Waals surface area (Å²) in [5.41, 5.74) is 6.42. The third-order valence-corrected chi connectivity index (χ3v) is 4.82. The second-order valence-electron chi connectivity index (χ2n) is 3.83. The van der Waals surface area contributed by atoms with E-state index in [0.29, 0.717) is 13.0 Å². The first-order chi connectivity index (χ1) is 7.13. The fourth-order valence-electron chi connectivity index (χ4n) is 1.90. The molecule has 5 nitrogen and oxygen atoms in total. The van der Waals surface area contributed by atoms with Crippen LogP contribution < -0.4 is 5.73 Å². The molecule has 2 rings (SSSR count). The van der Waals surface area contributed by atoms with Crippen molar-refractivity contribution in [3.05, 3.63) is 18.0 Å². The lowest BCUT2D eigenvalue weighted by atomic mass is 10.2. The van der Waals surface area contributed by atoms with Gasteiger partial charge in [-0.05, 0) is 31.4 Å². The molecule has 0 saturated carbocycles. The standard InChI is InChI=1S/C9H15N3O2S/c10-4-3-8-6-11-12(7-8)9-2-1-5-15(9,13)14/h6-7,9H,1-5,10H2. The Morgan fingerprint density at radius 2 is 2.40 bits per heavy atom. The summed E-state index contributed by atoms with van der Waals surface area (Å²) < 4.78 is 24.9. The SMILES string of the molecule is NCCc1cnn(C2CCCS2(=O)=O)c1. The molecule has 15 heavy (non-hydrogen) atoms. The normalized spacial score (nSPS) is 24.5. The minimum absolute atomic E-state index is 0.281. The Kier molecular flexibility index (Phi) is 2.79. The topological polar surface area (TPSA) is 78.0 Å². The molecule has 1 aromatic heterocycles. The second kappa shape index (κ2) is 3.94. The van der Waals surface area contributed by atoms with E-state index in [4.69, 9.17) is 5.73 Å². The van der Waals surface area contributed by atoms with E-state index in [9.17, 15) is 8.42 Å². The van der Waals surface area contributed by atoms with Gasteiger partial charge < -0.3 is 5.73 Å². The van der Waals surface area contributed by atoms with E-state index in [0.717, 1.165) is 18.4 Å². The van der Waals surface area contributed by atoms with Gasteiger partial charge >= 0.3 is 0 Å².